The first-order valence-corrected chi connectivity index (χ1v) is 11.1. The summed E-state index contributed by atoms with van der Waals surface area (Å²) in [5, 5.41) is 10.4. The molecule has 2 N–H and O–H groups in total. The van der Waals surface area contributed by atoms with E-state index in [0.717, 1.165) is 35.5 Å². The van der Waals surface area contributed by atoms with Crippen LogP contribution in [-0.4, -0.2) is 84.0 Å². The van der Waals surface area contributed by atoms with Crippen molar-refractivity contribution in [2.45, 2.75) is 24.4 Å². The van der Waals surface area contributed by atoms with E-state index in [9.17, 15) is 5.11 Å². The number of fused-ring (bicyclic) bond motifs is 2. The molecular formula is C22H23ClN4O5. The van der Waals surface area contributed by atoms with Gasteiger partial charge in [-0.1, -0.05) is 11.6 Å². The molecule has 3 aromatic heterocycles. The summed E-state index contributed by atoms with van der Waals surface area (Å²) < 4.78 is 22.7. The molecule has 0 aliphatic carbocycles. The number of pyridine rings is 2. The van der Waals surface area contributed by atoms with Crippen LogP contribution in [0.2, 0.25) is 5.02 Å². The highest BCUT2D eigenvalue weighted by molar-refractivity contribution is 6.33. The van der Waals surface area contributed by atoms with E-state index in [-0.39, 0.29) is 24.9 Å². The summed E-state index contributed by atoms with van der Waals surface area (Å²) in [7, 11) is 0. The lowest BCUT2D eigenvalue weighted by molar-refractivity contribution is 0.00794. The van der Waals surface area contributed by atoms with Crippen molar-refractivity contribution in [2.75, 3.05) is 44.4 Å². The first-order valence-electron chi connectivity index (χ1n) is 10.7. The molecule has 3 aromatic rings. The Morgan fingerprint density at radius 3 is 2.78 bits per heavy atom. The second-order valence-corrected chi connectivity index (χ2v) is 8.62. The molecule has 3 fully saturated rings. The number of halogens is 1. The molecule has 0 spiro atoms. The zero-order valence-corrected chi connectivity index (χ0v) is 18.0. The fraction of sp³-hybridized carbons (Fsp3) is 0.455. The number of morpholine rings is 1. The summed E-state index contributed by atoms with van der Waals surface area (Å²) in [5.41, 5.74) is 3.02. The molecule has 0 aromatic carbocycles. The number of hydrogen-bond donors (Lipinski definition) is 2. The highest BCUT2D eigenvalue weighted by Crippen LogP contribution is 2.33. The van der Waals surface area contributed by atoms with Crippen molar-refractivity contribution in [3.63, 3.8) is 0 Å². The topological polar surface area (TPSA) is 102 Å². The van der Waals surface area contributed by atoms with Gasteiger partial charge in [-0.05, 0) is 18.2 Å². The Bertz CT molecular complexity index is 1120. The van der Waals surface area contributed by atoms with Crippen molar-refractivity contribution < 1.29 is 24.1 Å². The maximum absolute atomic E-state index is 9.91. The number of aliphatic hydroxyl groups excluding tert-OH is 1. The van der Waals surface area contributed by atoms with Crippen LogP contribution in [0.4, 0.5) is 5.82 Å². The molecule has 3 aliphatic rings. The van der Waals surface area contributed by atoms with Gasteiger partial charge in [0, 0.05) is 30.9 Å². The number of anilines is 1. The number of rotatable bonds is 4. The number of nitrogens with one attached hydrogen (secondary N) is 1. The van der Waals surface area contributed by atoms with Gasteiger partial charge in [0.25, 0.3) is 0 Å². The van der Waals surface area contributed by atoms with Crippen molar-refractivity contribution in [3.05, 3.63) is 35.5 Å². The average Bonchev–Trinajstić information content (AvgIpc) is 3.51. The zero-order valence-electron chi connectivity index (χ0n) is 17.2. The number of nitrogens with zero attached hydrogens (tertiary/aromatic N) is 3. The molecule has 9 nitrogen and oxygen atoms in total. The van der Waals surface area contributed by atoms with Gasteiger partial charge in [-0.15, -0.1) is 0 Å². The Morgan fingerprint density at radius 2 is 1.97 bits per heavy atom. The largest absolute Gasteiger partial charge is 0.470 e. The van der Waals surface area contributed by atoms with Crippen molar-refractivity contribution in [2.24, 2.45) is 0 Å². The minimum Gasteiger partial charge on any atom is -0.470 e. The molecule has 0 saturated carbocycles. The van der Waals surface area contributed by atoms with Crippen molar-refractivity contribution in [3.8, 4) is 17.1 Å². The van der Waals surface area contributed by atoms with E-state index < -0.39 is 6.10 Å². The molecule has 0 radical (unpaired) electrons. The Hall–Kier alpha value is -2.43. The monoisotopic (exact) mass is 458 g/mol. The molecule has 32 heavy (non-hydrogen) atoms. The van der Waals surface area contributed by atoms with Gasteiger partial charge in [-0.2, -0.15) is 0 Å². The molecule has 6 rings (SSSR count). The lowest BCUT2D eigenvalue weighted by Crippen LogP contribution is -2.36. The number of H-pyrrole nitrogens is 1. The number of hydrogen-bond acceptors (Lipinski definition) is 8. The van der Waals surface area contributed by atoms with Gasteiger partial charge in [0.15, 0.2) is 12.0 Å². The summed E-state index contributed by atoms with van der Waals surface area (Å²) in [4.78, 5) is 14.8. The van der Waals surface area contributed by atoms with Crippen LogP contribution in [-0.2, 0) is 14.2 Å². The van der Waals surface area contributed by atoms with Gasteiger partial charge >= 0.3 is 0 Å². The van der Waals surface area contributed by atoms with E-state index in [0.29, 0.717) is 36.4 Å². The number of aromatic amines is 1. The molecule has 4 atom stereocenters. The van der Waals surface area contributed by atoms with Crippen molar-refractivity contribution in [1.82, 2.24) is 15.0 Å². The highest BCUT2D eigenvalue weighted by atomic mass is 35.5. The van der Waals surface area contributed by atoms with Crippen molar-refractivity contribution in [1.29, 1.82) is 0 Å². The van der Waals surface area contributed by atoms with E-state index in [4.69, 9.17) is 35.5 Å². The fourth-order valence-electron chi connectivity index (χ4n) is 4.49. The lowest BCUT2D eigenvalue weighted by atomic mass is 10.1. The lowest BCUT2D eigenvalue weighted by Gasteiger charge is -2.27. The normalized spacial score (nSPS) is 27.8. The van der Waals surface area contributed by atoms with Crippen LogP contribution in [0.5, 0.6) is 5.88 Å². The highest BCUT2D eigenvalue weighted by Gasteiger charge is 2.48. The standard InChI is InChI=1S/C22H23ClN4O5/c23-13-7-14-15(8-19(25-14)32-17-11-31-21-16(28)10-30-22(17)21)26-20(13)12-1-2-18(24-9-12)27-3-5-29-6-4-27/h1-2,7-9,16-17,21-22,25,28H,3-6,10-11H2/t16-,17-,21?,22-/m1/s1. The fourth-order valence-corrected chi connectivity index (χ4v) is 4.75. The Morgan fingerprint density at radius 1 is 1.12 bits per heavy atom. The quantitative estimate of drug-likeness (QED) is 0.612. The number of aliphatic hydroxyl groups is 1. The van der Waals surface area contributed by atoms with Gasteiger partial charge in [-0.3, -0.25) is 0 Å². The average molecular weight is 459 g/mol. The Labute approximate surface area is 189 Å². The molecule has 0 amide bonds. The summed E-state index contributed by atoms with van der Waals surface area (Å²) >= 11 is 6.55. The molecule has 6 heterocycles. The summed E-state index contributed by atoms with van der Waals surface area (Å²) in [6.45, 7) is 3.73. The number of ether oxygens (including phenoxy) is 4. The van der Waals surface area contributed by atoms with Crippen LogP contribution in [0.25, 0.3) is 22.3 Å². The maximum Gasteiger partial charge on any atom is 0.193 e. The van der Waals surface area contributed by atoms with Gasteiger partial charge in [0.2, 0.25) is 0 Å². The molecular weight excluding hydrogens is 436 g/mol. The molecule has 168 valence electrons. The van der Waals surface area contributed by atoms with Crippen LogP contribution in [0.15, 0.2) is 30.5 Å². The Balaban J connectivity index is 1.23. The second-order valence-electron chi connectivity index (χ2n) is 8.21. The molecule has 10 heteroatoms. The van der Waals surface area contributed by atoms with Gasteiger partial charge in [0.05, 0.1) is 48.2 Å². The predicted molar refractivity (Wildman–Crippen MR) is 117 cm³/mol. The van der Waals surface area contributed by atoms with E-state index in [1.54, 1.807) is 6.20 Å². The third kappa shape index (κ3) is 3.60. The molecule has 3 aliphatic heterocycles. The number of aromatic nitrogens is 3. The van der Waals surface area contributed by atoms with Crippen LogP contribution in [0.1, 0.15) is 0 Å². The van der Waals surface area contributed by atoms with Crippen molar-refractivity contribution >= 4 is 28.5 Å². The van der Waals surface area contributed by atoms with Gasteiger partial charge in [0.1, 0.15) is 24.1 Å². The minimum absolute atomic E-state index is 0.265. The first kappa shape index (κ1) is 20.2. The van der Waals surface area contributed by atoms with E-state index >= 15 is 0 Å². The van der Waals surface area contributed by atoms with Gasteiger partial charge in [-0.25, -0.2) is 9.97 Å². The van der Waals surface area contributed by atoms with E-state index in [1.165, 1.54) is 0 Å². The summed E-state index contributed by atoms with van der Waals surface area (Å²) in [5.74, 6) is 1.48. The molecule has 3 saturated heterocycles. The summed E-state index contributed by atoms with van der Waals surface area (Å²) in [6.07, 6.45) is 0.281. The third-order valence-electron chi connectivity index (χ3n) is 6.15. The Kier molecular flexibility index (Phi) is 5.15. The third-order valence-corrected chi connectivity index (χ3v) is 6.44. The van der Waals surface area contributed by atoms with Crippen LogP contribution in [0, 0.1) is 0 Å². The smallest absolute Gasteiger partial charge is 0.193 e. The minimum atomic E-state index is -0.609. The van der Waals surface area contributed by atoms with Crippen LogP contribution >= 0.6 is 11.6 Å². The summed E-state index contributed by atoms with van der Waals surface area (Å²) in [6, 6.07) is 7.65. The van der Waals surface area contributed by atoms with Gasteiger partial charge < -0.3 is 33.9 Å². The maximum atomic E-state index is 9.91. The van der Waals surface area contributed by atoms with Crippen LogP contribution in [0.3, 0.4) is 0 Å². The SMILES string of the molecule is O[C@@H]1CO[C@H]2C1OC[C@H]2Oc1cc2nc(-c3ccc(N4CCOCC4)nc3)c(Cl)cc2[nH]1. The second kappa shape index (κ2) is 8.17. The van der Waals surface area contributed by atoms with E-state index in [2.05, 4.69) is 14.9 Å². The first-order chi connectivity index (χ1) is 15.7. The molecule has 0 bridgehead atoms. The zero-order chi connectivity index (χ0) is 21.7. The molecule has 1 unspecified atom stereocenters. The van der Waals surface area contributed by atoms with E-state index in [1.807, 2.05) is 24.3 Å². The van der Waals surface area contributed by atoms with Crippen LogP contribution < -0.4 is 9.64 Å². The predicted octanol–water partition coefficient (Wildman–Crippen LogP) is 2.02.